The van der Waals surface area contributed by atoms with Crippen molar-refractivity contribution in [3.05, 3.63) is 48.0 Å². The Hall–Kier alpha value is -2.14. The second-order valence-electron chi connectivity index (χ2n) is 7.51. The Morgan fingerprint density at radius 3 is 2.61 bits per heavy atom. The molecule has 0 radical (unpaired) electrons. The van der Waals surface area contributed by atoms with E-state index >= 15 is 0 Å². The second-order valence-corrected chi connectivity index (χ2v) is 8.36. The van der Waals surface area contributed by atoms with Gasteiger partial charge >= 0.3 is 0 Å². The van der Waals surface area contributed by atoms with Crippen LogP contribution in [0.25, 0.3) is 0 Å². The second kappa shape index (κ2) is 8.48. The van der Waals surface area contributed by atoms with E-state index in [1.54, 1.807) is 18.9 Å². The lowest BCUT2D eigenvalue weighted by molar-refractivity contribution is -0.117. The number of anilines is 1. The highest BCUT2D eigenvalue weighted by molar-refractivity contribution is 7.98. The molecule has 1 aliphatic carbocycles. The zero-order valence-electron chi connectivity index (χ0n) is 16.5. The Morgan fingerprint density at radius 2 is 1.86 bits per heavy atom. The maximum absolute atomic E-state index is 12.8. The molecule has 1 saturated heterocycles. The van der Waals surface area contributed by atoms with Gasteiger partial charge in [-0.3, -0.25) is 4.79 Å². The Morgan fingerprint density at radius 1 is 1.07 bits per heavy atom. The number of para-hydroxylation sites is 1. The minimum atomic E-state index is 0.166. The van der Waals surface area contributed by atoms with E-state index in [0.29, 0.717) is 13.0 Å². The fourth-order valence-corrected chi connectivity index (χ4v) is 4.84. The molecule has 0 bridgehead atoms. The first-order valence-corrected chi connectivity index (χ1v) is 11.2. The summed E-state index contributed by atoms with van der Waals surface area (Å²) < 4.78 is 11.8. The lowest BCUT2D eigenvalue weighted by atomic mass is 9.98. The quantitative estimate of drug-likeness (QED) is 0.623. The molecule has 0 N–H and O–H groups in total. The minimum Gasteiger partial charge on any atom is -0.493 e. The predicted molar refractivity (Wildman–Crippen MR) is 114 cm³/mol. The largest absolute Gasteiger partial charge is 0.493 e. The molecule has 1 saturated carbocycles. The van der Waals surface area contributed by atoms with Crippen LogP contribution in [-0.2, 0) is 4.79 Å². The number of hydrogen-bond acceptors (Lipinski definition) is 4. The molecule has 0 aromatic heterocycles. The summed E-state index contributed by atoms with van der Waals surface area (Å²) in [4.78, 5) is 15.8. The van der Waals surface area contributed by atoms with Gasteiger partial charge in [0.1, 0.15) is 0 Å². The minimum absolute atomic E-state index is 0.166. The van der Waals surface area contributed by atoms with Gasteiger partial charge in [0.2, 0.25) is 5.91 Å². The summed E-state index contributed by atoms with van der Waals surface area (Å²) in [7, 11) is 1.68. The van der Waals surface area contributed by atoms with E-state index < -0.39 is 0 Å². The molecule has 2 aromatic carbocycles. The average molecular weight is 398 g/mol. The van der Waals surface area contributed by atoms with Gasteiger partial charge in [-0.25, -0.2) is 0 Å². The van der Waals surface area contributed by atoms with Crippen LogP contribution in [-0.4, -0.2) is 31.9 Å². The van der Waals surface area contributed by atoms with E-state index in [4.69, 9.17) is 9.47 Å². The molecule has 4 rings (SSSR count). The number of amides is 1. The van der Waals surface area contributed by atoms with Crippen molar-refractivity contribution in [2.45, 2.75) is 49.0 Å². The summed E-state index contributed by atoms with van der Waals surface area (Å²) in [5, 5.41) is 0. The Bertz CT molecular complexity index is 847. The zero-order valence-corrected chi connectivity index (χ0v) is 17.3. The van der Waals surface area contributed by atoms with Crippen LogP contribution in [0.4, 0.5) is 5.69 Å². The van der Waals surface area contributed by atoms with Gasteiger partial charge in [0.25, 0.3) is 0 Å². The molecule has 2 aliphatic rings. The molecule has 28 heavy (non-hydrogen) atoms. The van der Waals surface area contributed by atoms with E-state index in [1.165, 1.54) is 12.8 Å². The number of carbonyl (C=O) groups excluding carboxylic acids is 1. The van der Waals surface area contributed by atoms with E-state index in [0.717, 1.165) is 40.5 Å². The number of rotatable bonds is 6. The van der Waals surface area contributed by atoms with Crippen molar-refractivity contribution in [2.24, 2.45) is 0 Å². The predicted octanol–water partition coefficient (Wildman–Crippen LogP) is 5.26. The highest BCUT2D eigenvalue weighted by Crippen LogP contribution is 2.39. The van der Waals surface area contributed by atoms with Crippen LogP contribution < -0.4 is 14.4 Å². The molecule has 148 valence electrons. The van der Waals surface area contributed by atoms with Crippen molar-refractivity contribution < 1.29 is 14.3 Å². The fourth-order valence-electron chi connectivity index (χ4n) is 4.24. The first kappa shape index (κ1) is 19.2. The third kappa shape index (κ3) is 3.86. The normalized spacial score (nSPS) is 20.0. The smallest absolute Gasteiger partial charge is 0.227 e. The SMILES string of the molecule is COc1ccc([C@H]2CC(=O)N(c3ccccc3SC)C2)cc1OC1CCCC1. The number of ether oxygens (including phenoxy) is 2. The standard InChI is InChI=1S/C23H27NO3S/c1-26-20-12-11-16(13-21(20)27-18-7-3-4-8-18)17-14-23(25)24(15-17)19-9-5-6-10-22(19)28-2/h5-6,9-13,17-18H,3-4,7-8,14-15H2,1-2H3/t17-/m0/s1. The van der Waals surface area contributed by atoms with Gasteiger partial charge in [0.15, 0.2) is 11.5 Å². The van der Waals surface area contributed by atoms with Crippen molar-refractivity contribution >= 4 is 23.4 Å². The molecule has 0 spiro atoms. The molecular weight excluding hydrogens is 370 g/mol. The van der Waals surface area contributed by atoms with Crippen LogP contribution in [0.3, 0.4) is 0 Å². The molecule has 1 amide bonds. The molecule has 5 heteroatoms. The van der Waals surface area contributed by atoms with Crippen LogP contribution >= 0.6 is 11.8 Å². The Balaban J connectivity index is 1.56. The molecule has 1 atom stereocenters. The van der Waals surface area contributed by atoms with Gasteiger partial charge in [-0.1, -0.05) is 18.2 Å². The van der Waals surface area contributed by atoms with Gasteiger partial charge in [0.05, 0.1) is 18.9 Å². The molecular formula is C23H27NO3S. The van der Waals surface area contributed by atoms with Gasteiger partial charge in [0, 0.05) is 23.8 Å². The van der Waals surface area contributed by atoms with Crippen LogP contribution in [0.5, 0.6) is 11.5 Å². The molecule has 1 heterocycles. The van der Waals surface area contributed by atoms with Crippen LogP contribution in [0.2, 0.25) is 0 Å². The Labute approximate surface area is 171 Å². The number of benzene rings is 2. The van der Waals surface area contributed by atoms with Gasteiger partial charge in [-0.2, -0.15) is 0 Å². The van der Waals surface area contributed by atoms with Gasteiger partial charge in [-0.05, 0) is 61.8 Å². The highest BCUT2D eigenvalue weighted by atomic mass is 32.2. The number of hydrogen-bond donors (Lipinski definition) is 0. The molecule has 0 unspecified atom stereocenters. The molecule has 4 nitrogen and oxygen atoms in total. The van der Waals surface area contributed by atoms with Crippen molar-refractivity contribution in [1.82, 2.24) is 0 Å². The third-order valence-corrected chi connectivity index (χ3v) is 6.54. The number of methoxy groups -OCH3 is 1. The van der Waals surface area contributed by atoms with E-state index in [9.17, 15) is 4.79 Å². The van der Waals surface area contributed by atoms with Crippen molar-refractivity contribution in [2.75, 3.05) is 24.8 Å². The monoisotopic (exact) mass is 397 g/mol. The number of thioether (sulfide) groups is 1. The molecule has 1 aliphatic heterocycles. The van der Waals surface area contributed by atoms with Gasteiger partial charge in [-0.15, -0.1) is 11.8 Å². The first-order chi connectivity index (χ1) is 13.7. The van der Waals surface area contributed by atoms with Crippen molar-refractivity contribution in [1.29, 1.82) is 0 Å². The summed E-state index contributed by atoms with van der Waals surface area (Å²) in [6.07, 6.45) is 7.52. The summed E-state index contributed by atoms with van der Waals surface area (Å²) in [6, 6.07) is 14.3. The lowest BCUT2D eigenvalue weighted by Crippen LogP contribution is -2.24. The van der Waals surface area contributed by atoms with E-state index in [2.05, 4.69) is 18.2 Å². The highest BCUT2D eigenvalue weighted by Gasteiger charge is 2.33. The Kier molecular flexibility index (Phi) is 5.81. The maximum Gasteiger partial charge on any atom is 0.227 e. The van der Waals surface area contributed by atoms with Crippen LogP contribution in [0, 0.1) is 0 Å². The maximum atomic E-state index is 12.8. The summed E-state index contributed by atoms with van der Waals surface area (Å²) in [5.74, 6) is 1.92. The number of nitrogens with zero attached hydrogens (tertiary/aromatic N) is 1. The molecule has 2 aromatic rings. The number of carbonyl (C=O) groups is 1. The van der Waals surface area contributed by atoms with Crippen molar-refractivity contribution in [3.8, 4) is 11.5 Å². The summed E-state index contributed by atoms with van der Waals surface area (Å²) in [5.41, 5.74) is 2.16. The zero-order chi connectivity index (χ0) is 19.5. The summed E-state index contributed by atoms with van der Waals surface area (Å²) >= 11 is 1.68. The van der Waals surface area contributed by atoms with Gasteiger partial charge < -0.3 is 14.4 Å². The van der Waals surface area contributed by atoms with Crippen LogP contribution in [0.15, 0.2) is 47.4 Å². The van der Waals surface area contributed by atoms with Crippen molar-refractivity contribution in [3.63, 3.8) is 0 Å². The van der Waals surface area contributed by atoms with Crippen LogP contribution in [0.1, 0.15) is 43.6 Å². The third-order valence-electron chi connectivity index (χ3n) is 5.76. The van der Waals surface area contributed by atoms with E-state index in [1.807, 2.05) is 35.4 Å². The molecule has 2 fully saturated rings. The fraction of sp³-hybridized carbons (Fsp3) is 0.435. The first-order valence-electron chi connectivity index (χ1n) is 9.97. The summed E-state index contributed by atoms with van der Waals surface area (Å²) in [6.45, 7) is 0.700. The van der Waals surface area contributed by atoms with E-state index in [-0.39, 0.29) is 17.9 Å². The average Bonchev–Trinajstić information content (AvgIpc) is 3.37. The lowest BCUT2D eigenvalue weighted by Gasteiger charge is -2.20. The topological polar surface area (TPSA) is 38.8 Å².